The summed E-state index contributed by atoms with van der Waals surface area (Å²) in [6.07, 6.45) is 0. The first kappa shape index (κ1) is 38.4. The van der Waals surface area contributed by atoms with E-state index in [1.54, 1.807) is 0 Å². The van der Waals surface area contributed by atoms with Gasteiger partial charge in [-0.2, -0.15) is 0 Å². The van der Waals surface area contributed by atoms with E-state index >= 15 is 0 Å². The van der Waals surface area contributed by atoms with Gasteiger partial charge in [-0.3, -0.25) is 0 Å². The van der Waals surface area contributed by atoms with Crippen LogP contribution in [0.5, 0.6) is 0 Å². The van der Waals surface area contributed by atoms with E-state index in [1.807, 2.05) is 23.5 Å². The maximum absolute atomic E-state index is 5.28. The fraction of sp³-hybridized carbons (Fsp3) is 0. The molecule has 3 nitrogen and oxygen atoms in total. The molecule has 0 spiro atoms. The van der Waals surface area contributed by atoms with E-state index < -0.39 is 0 Å². The molecule has 12 rings (SSSR count). The maximum Gasteiger partial charge on any atom is 0.164 e. The Balaban J connectivity index is 0.979. The molecule has 0 aliphatic carbocycles. The van der Waals surface area contributed by atoms with Gasteiger partial charge in [0, 0.05) is 36.9 Å². The topological polar surface area (TPSA) is 38.7 Å². The molecule has 4 heteroatoms. The minimum Gasteiger partial charge on any atom is -0.208 e. The molecular weight excluding hydrogens is 807 g/mol. The molecule has 0 unspecified atom stereocenters. The molecule has 0 aliphatic rings. The molecule has 2 heterocycles. The van der Waals surface area contributed by atoms with Gasteiger partial charge in [-0.05, 0) is 84.6 Å². The van der Waals surface area contributed by atoms with Crippen LogP contribution < -0.4 is 0 Å². The molecule has 0 N–H and O–H groups in total. The van der Waals surface area contributed by atoms with Crippen LogP contribution >= 0.6 is 11.3 Å². The average molecular weight is 846 g/mol. The third kappa shape index (κ3) is 7.07. The molecule has 0 fully saturated rings. The van der Waals surface area contributed by atoms with E-state index in [-0.39, 0.29) is 0 Å². The summed E-state index contributed by atoms with van der Waals surface area (Å²) in [5, 5.41) is 5.01. The summed E-state index contributed by atoms with van der Waals surface area (Å²) >= 11 is 1.87. The lowest BCUT2D eigenvalue weighted by molar-refractivity contribution is 1.07. The number of nitrogens with zero attached hydrogens (tertiary/aromatic N) is 3. The van der Waals surface area contributed by atoms with Gasteiger partial charge in [0.1, 0.15) is 0 Å². The number of aromatic nitrogens is 3. The van der Waals surface area contributed by atoms with Crippen LogP contribution in [0.4, 0.5) is 0 Å². The predicted octanol–water partition coefficient (Wildman–Crippen LogP) is 16.7. The second-order valence-electron chi connectivity index (χ2n) is 16.3. The molecule has 0 bridgehead atoms. The van der Waals surface area contributed by atoms with Crippen LogP contribution in [0.1, 0.15) is 0 Å². The Bertz CT molecular complexity index is 3620. The first-order valence-corrected chi connectivity index (χ1v) is 22.7. The minimum atomic E-state index is 0.615. The molecule has 0 aliphatic heterocycles. The molecule has 12 aromatic rings. The van der Waals surface area contributed by atoms with Crippen molar-refractivity contribution < 1.29 is 0 Å². The van der Waals surface area contributed by atoms with E-state index in [2.05, 4.69) is 224 Å². The van der Waals surface area contributed by atoms with Gasteiger partial charge in [0.2, 0.25) is 0 Å². The highest BCUT2D eigenvalue weighted by Crippen LogP contribution is 2.43. The summed E-state index contributed by atoms with van der Waals surface area (Å²) in [5.74, 6) is 1.86. The quantitative estimate of drug-likeness (QED) is 0.153. The normalized spacial score (nSPS) is 11.4. The Morgan fingerprint density at radius 1 is 0.231 bits per heavy atom. The molecule has 0 amide bonds. The van der Waals surface area contributed by atoms with Gasteiger partial charge < -0.3 is 0 Å². The van der Waals surface area contributed by atoms with Crippen molar-refractivity contribution in [2.45, 2.75) is 0 Å². The van der Waals surface area contributed by atoms with Crippen LogP contribution in [0.25, 0.3) is 121 Å². The van der Waals surface area contributed by atoms with Gasteiger partial charge in [-0.25, -0.2) is 15.0 Å². The van der Waals surface area contributed by atoms with Crippen molar-refractivity contribution in [1.82, 2.24) is 15.0 Å². The van der Waals surface area contributed by atoms with Crippen molar-refractivity contribution in [3.63, 3.8) is 0 Å². The summed E-state index contributed by atoms with van der Waals surface area (Å²) in [6, 6.07) is 84.0. The molecule has 0 saturated heterocycles. The fourth-order valence-corrected chi connectivity index (χ4v) is 10.5. The van der Waals surface area contributed by atoms with E-state index in [9.17, 15) is 0 Å². The van der Waals surface area contributed by atoms with Gasteiger partial charge in [-0.1, -0.05) is 218 Å². The molecule has 10 aromatic carbocycles. The van der Waals surface area contributed by atoms with Gasteiger partial charge in [0.25, 0.3) is 0 Å². The monoisotopic (exact) mass is 845 g/mol. The first-order chi connectivity index (χ1) is 32.2. The van der Waals surface area contributed by atoms with Crippen molar-refractivity contribution in [3.8, 4) is 89.8 Å². The molecule has 0 saturated carbocycles. The number of fused-ring (bicyclic) bond motifs is 4. The number of hydrogen-bond acceptors (Lipinski definition) is 4. The summed E-state index contributed by atoms with van der Waals surface area (Å²) in [5.41, 5.74) is 14.3. The average Bonchev–Trinajstić information content (AvgIpc) is 3.78. The smallest absolute Gasteiger partial charge is 0.164 e. The first-order valence-electron chi connectivity index (χ1n) is 21.9. The highest BCUT2D eigenvalue weighted by molar-refractivity contribution is 7.26. The zero-order valence-corrected chi connectivity index (χ0v) is 36.1. The Labute approximate surface area is 381 Å². The summed E-state index contributed by atoms with van der Waals surface area (Å²) in [4.78, 5) is 15.8. The van der Waals surface area contributed by atoms with Crippen LogP contribution in [-0.4, -0.2) is 15.0 Å². The number of benzene rings is 10. The summed E-state index contributed by atoms with van der Waals surface area (Å²) < 4.78 is 2.64. The van der Waals surface area contributed by atoms with Crippen molar-refractivity contribution in [2.75, 3.05) is 0 Å². The largest absolute Gasteiger partial charge is 0.208 e. The highest BCUT2D eigenvalue weighted by Gasteiger charge is 2.19. The second kappa shape index (κ2) is 16.4. The van der Waals surface area contributed by atoms with Crippen molar-refractivity contribution in [2.24, 2.45) is 0 Å². The van der Waals surface area contributed by atoms with Crippen LogP contribution in [0.2, 0.25) is 0 Å². The van der Waals surface area contributed by atoms with E-state index in [0.29, 0.717) is 17.5 Å². The maximum atomic E-state index is 5.28. The third-order valence-electron chi connectivity index (χ3n) is 12.4. The SMILES string of the molecule is c1ccc(-c2ccccc2-c2nc(-c3cccc(-c4ccc(-c5cccc(-c6cccc7c6sc6ccccc67)c5)c5ccccc45)c3)nc(-c3ccccc3-c3ccccc3)n2)cc1. The van der Waals surface area contributed by atoms with Gasteiger partial charge in [0.05, 0.1) is 0 Å². The second-order valence-corrected chi connectivity index (χ2v) is 17.3. The summed E-state index contributed by atoms with van der Waals surface area (Å²) in [6.45, 7) is 0. The zero-order valence-electron chi connectivity index (χ0n) is 35.3. The zero-order chi connectivity index (χ0) is 43.1. The van der Waals surface area contributed by atoms with E-state index in [0.717, 1.165) is 50.1 Å². The van der Waals surface area contributed by atoms with Gasteiger partial charge in [0.15, 0.2) is 17.5 Å². The highest BCUT2D eigenvalue weighted by atomic mass is 32.1. The molecule has 65 heavy (non-hydrogen) atoms. The predicted molar refractivity (Wildman–Crippen MR) is 274 cm³/mol. The lowest BCUT2D eigenvalue weighted by Gasteiger charge is -2.15. The Morgan fingerprint density at radius 2 is 0.615 bits per heavy atom. The molecule has 0 radical (unpaired) electrons. The van der Waals surface area contributed by atoms with Crippen LogP contribution in [0.15, 0.2) is 237 Å². The van der Waals surface area contributed by atoms with Crippen molar-refractivity contribution in [3.05, 3.63) is 237 Å². The fourth-order valence-electron chi connectivity index (χ4n) is 9.30. The Morgan fingerprint density at radius 3 is 1.20 bits per heavy atom. The van der Waals surface area contributed by atoms with Crippen LogP contribution in [0.3, 0.4) is 0 Å². The Hall–Kier alpha value is -8.31. The number of hydrogen-bond donors (Lipinski definition) is 0. The van der Waals surface area contributed by atoms with Crippen molar-refractivity contribution in [1.29, 1.82) is 0 Å². The molecule has 2 aromatic heterocycles. The lowest BCUT2D eigenvalue weighted by atomic mass is 9.90. The van der Waals surface area contributed by atoms with Gasteiger partial charge >= 0.3 is 0 Å². The Kier molecular flexibility index (Phi) is 9.70. The van der Waals surface area contributed by atoms with E-state index in [1.165, 1.54) is 53.2 Å². The van der Waals surface area contributed by atoms with Crippen molar-refractivity contribution >= 4 is 42.3 Å². The van der Waals surface area contributed by atoms with Gasteiger partial charge in [-0.15, -0.1) is 11.3 Å². The third-order valence-corrected chi connectivity index (χ3v) is 13.6. The van der Waals surface area contributed by atoms with Crippen LogP contribution in [-0.2, 0) is 0 Å². The summed E-state index contributed by atoms with van der Waals surface area (Å²) in [7, 11) is 0. The minimum absolute atomic E-state index is 0.615. The lowest BCUT2D eigenvalue weighted by Crippen LogP contribution is -2.02. The number of thiophene rings is 1. The van der Waals surface area contributed by atoms with E-state index in [4.69, 9.17) is 15.0 Å². The molecule has 0 atom stereocenters. The number of rotatable bonds is 8. The molecular formula is C61H39N3S. The van der Waals surface area contributed by atoms with Crippen LogP contribution in [0, 0.1) is 0 Å². The molecule has 304 valence electrons. The standard InChI is InChI=1S/C61H39N3S/c1-3-18-40(19-4-1)46-26-7-11-31-55(46)60-62-59(63-61(64-60)56-32-12-8-27-47(56)41-20-5-2-6-21-41)45-25-16-23-43(39-45)49-37-36-48(51-28-9-10-29-52(49)51)42-22-15-24-44(38-42)50-33-17-34-54-53-30-13-14-35-57(53)65-58(50)54/h1-39H.